The molecule has 1 aliphatic heterocycles. The summed E-state index contributed by atoms with van der Waals surface area (Å²) in [6, 6.07) is 5.34. The van der Waals surface area contributed by atoms with Crippen molar-refractivity contribution in [1.29, 1.82) is 0 Å². The minimum absolute atomic E-state index is 0.147. The fourth-order valence-corrected chi connectivity index (χ4v) is 4.96. The number of aryl methyl sites for hydroxylation is 1. The van der Waals surface area contributed by atoms with E-state index < -0.39 is 10.0 Å². The zero-order valence-corrected chi connectivity index (χ0v) is 17.7. The monoisotopic (exact) mass is 440 g/mol. The molecular formula is C18H21ClN4O3S2. The van der Waals surface area contributed by atoms with Gasteiger partial charge in [0.1, 0.15) is 0 Å². The molecular weight excluding hydrogens is 420 g/mol. The largest absolute Gasteiger partial charge is 0.383 e. The zero-order chi connectivity index (χ0) is 20.1. The van der Waals surface area contributed by atoms with Crippen molar-refractivity contribution in [3.63, 3.8) is 0 Å². The SMILES string of the molecule is Cc1cnccc1NCCN1CCN(S(=O)(=O)C=Cc2ccc(Cl)s2)CC1=O. The van der Waals surface area contributed by atoms with E-state index in [1.165, 1.54) is 21.7 Å². The first-order valence-electron chi connectivity index (χ1n) is 8.71. The van der Waals surface area contributed by atoms with Crippen LogP contribution in [0.4, 0.5) is 5.69 Å². The lowest BCUT2D eigenvalue weighted by Crippen LogP contribution is -2.52. The Morgan fingerprint density at radius 2 is 2.14 bits per heavy atom. The molecule has 10 heteroatoms. The average Bonchev–Trinajstić information content (AvgIpc) is 3.08. The van der Waals surface area contributed by atoms with Crippen LogP contribution in [0.15, 0.2) is 36.0 Å². The summed E-state index contributed by atoms with van der Waals surface area (Å²) in [4.78, 5) is 18.8. The van der Waals surface area contributed by atoms with Gasteiger partial charge < -0.3 is 10.2 Å². The number of halogens is 1. The van der Waals surface area contributed by atoms with Crippen molar-refractivity contribution in [2.75, 3.05) is 38.0 Å². The molecule has 28 heavy (non-hydrogen) atoms. The third-order valence-electron chi connectivity index (χ3n) is 4.36. The van der Waals surface area contributed by atoms with Gasteiger partial charge in [-0.1, -0.05) is 11.6 Å². The maximum atomic E-state index is 12.5. The maximum absolute atomic E-state index is 12.5. The van der Waals surface area contributed by atoms with Gasteiger partial charge in [-0.25, -0.2) is 8.42 Å². The van der Waals surface area contributed by atoms with Crippen LogP contribution in [-0.4, -0.2) is 61.2 Å². The van der Waals surface area contributed by atoms with Gasteiger partial charge in [0, 0.05) is 54.5 Å². The molecule has 3 heterocycles. The van der Waals surface area contributed by atoms with Crippen molar-refractivity contribution in [2.24, 2.45) is 0 Å². The molecule has 0 aliphatic carbocycles. The van der Waals surface area contributed by atoms with Crippen LogP contribution in [0.1, 0.15) is 10.4 Å². The Balaban J connectivity index is 1.52. The Hall–Kier alpha value is -1.94. The van der Waals surface area contributed by atoms with Gasteiger partial charge in [0.15, 0.2) is 0 Å². The second kappa shape index (κ2) is 9.04. The smallest absolute Gasteiger partial charge is 0.238 e. The fraction of sp³-hybridized carbons (Fsp3) is 0.333. The molecule has 2 aromatic heterocycles. The number of carbonyl (C=O) groups is 1. The summed E-state index contributed by atoms with van der Waals surface area (Å²) in [6.45, 7) is 3.56. The second-order valence-corrected chi connectivity index (χ2v) is 9.89. The van der Waals surface area contributed by atoms with E-state index in [0.29, 0.717) is 24.0 Å². The summed E-state index contributed by atoms with van der Waals surface area (Å²) in [6.07, 6.45) is 4.99. The summed E-state index contributed by atoms with van der Waals surface area (Å²) >= 11 is 7.14. The van der Waals surface area contributed by atoms with Crippen LogP contribution in [0.3, 0.4) is 0 Å². The molecule has 0 aromatic carbocycles. The standard InChI is InChI=1S/C18H21ClN4O3S2/c1-14-12-20-6-4-16(14)21-7-8-22-9-10-23(13-18(22)24)28(25,26)11-5-15-2-3-17(19)27-15/h2-6,11-12H,7-10,13H2,1H3,(H,20,21). The summed E-state index contributed by atoms with van der Waals surface area (Å²) in [7, 11) is -3.65. The number of amides is 1. The van der Waals surface area contributed by atoms with Gasteiger partial charge in [-0.15, -0.1) is 11.3 Å². The highest BCUT2D eigenvalue weighted by molar-refractivity contribution is 7.92. The quantitative estimate of drug-likeness (QED) is 0.715. The number of anilines is 1. The van der Waals surface area contributed by atoms with Crippen LogP contribution in [0, 0.1) is 6.92 Å². The highest BCUT2D eigenvalue weighted by Crippen LogP contribution is 2.23. The highest BCUT2D eigenvalue weighted by atomic mass is 35.5. The van der Waals surface area contributed by atoms with Crippen molar-refractivity contribution in [3.05, 3.63) is 50.8 Å². The van der Waals surface area contributed by atoms with Crippen LogP contribution < -0.4 is 5.32 Å². The van der Waals surface area contributed by atoms with Gasteiger partial charge in [-0.3, -0.25) is 9.78 Å². The molecule has 1 N–H and O–H groups in total. The number of sulfonamides is 1. The lowest BCUT2D eigenvalue weighted by atomic mass is 10.2. The van der Waals surface area contributed by atoms with E-state index in [2.05, 4.69) is 10.3 Å². The van der Waals surface area contributed by atoms with Gasteiger partial charge in [0.25, 0.3) is 0 Å². The van der Waals surface area contributed by atoms with E-state index in [9.17, 15) is 13.2 Å². The molecule has 1 aliphatic rings. The molecule has 3 rings (SSSR count). The van der Waals surface area contributed by atoms with Gasteiger partial charge in [-0.2, -0.15) is 4.31 Å². The number of thiophene rings is 1. The summed E-state index contributed by atoms with van der Waals surface area (Å²) in [5.74, 6) is -0.198. The Morgan fingerprint density at radius 3 is 2.82 bits per heavy atom. The first-order valence-corrected chi connectivity index (χ1v) is 11.4. The lowest BCUT2D eigenvalue weighted by molar-refractivity contribution is -0.133. The van der Waals surface area contributed by atoms with Crippen LogP contribution >= 0.6 is 22.9 Å². The second-order valence-electron chi connectivity index (χ2n) is 6.32. The van der Waals surface area contributed by atoms with Gasteiger partial charge in [0.2, 0.25) is 15.9 Å². The van der Waals surface area contributed by atoms with E-state index in [4.69, 9.17) is 11.6 Å². The summed E-state index contributed by atoms with van der Waals surface area (Å²) < 4.78 is 26.8. The van der Waals surface area contributed by atoms with Crippen LogP contribution in [0.25, 0.3) is 6.08 Å². The highest BCUT2D eigenvalue weighted by Gasteiger charge is 2.30. The Kier molecular flexibility index (Phi) is 6.71. The maximum Gasteiger partial charge on any atom is 0.238 e. The molecule has 0 bridgehead atoms. The first kappa shape index (κ1) is 20.8. The third-order valence-corrected chi connectivity index (χ3v) is 7.07. The summed E-state index contributed by atoms with van der Waals surface area (Å²) in [5.41, 5.74) is 2.01. The van der Waals surface area contributed by atoms with E-state index in [0.717, 1.165) is 21.5 Å². The summed E-state index contributed by atoms with van der Waals surface area (Å²) in [5, 5.41) is 4.41. The number of nitrogens with one attached hydrogen (secondary N) is 1. The zero-order valence-electron chi connectivity index (χ0n) is 15.3. The molecule has 0 spiro atoms. The molecule has 0 radical (unpaired) electrons. The molecule has 150 valence electrons. The number of nitrogens with zero attached hydrogens (tertiary/aromatic N) is 3. The molecule has 1 saturated heterocycles. The number of pyridine rings is 1. The minimum Gasteiger partial charge on any atom is -0.383 e. The number of carbonyl (C=O) groups excluding carboxylic acids is 1. The number of hydrogen-bond donors (Lipinski definition) is 1. The topological polar surface area (TPSA) is 82.6 Å². The molecule has 0 atom stereocenters. The van der Waals surface area contributed by atoms with Crippen LogP contribution in [-0.2, 0) is 14.8 Å². The van der Waals surface area contributed by atoms with E-state index in [1.807, 2.05) is 13.0 Å². The number of hydrogen-bond acceptors (Lipinski definition) is 6. The predicted molar refractivity (Wildman–Crippen MR) is 113 cm³/mol. The number of rotatable bonds is 7. The lowest BCUT2D eigenvalue weighted by Gasteiger charge is -2.33. The number of aromatic nitrogens is 1. The van der Waals surface area contributed by atoms with Gasteiger partial charge in [0.05, 0.1) is 10.9 Å². The Morgan fingerprint density at radius 1 is 1.32 bits per heavy atom. The average molecular weight is 441 g/mol. The van der Waals surface area contributed by atoms with Crippen molar-refractivity contribution in [3.8, 4) is 0 Å². The molecule has 0 saturated carbocycles. The van der Waals surface area contributed by atoms with Crippen molar-refractivity contribution in [2.45, 2.75) is 6.92 Å². The molecule has 1 amide bonds. The van der Waals surface area contributed by atoms with Gasteiger partial charge in [-0.05, 0) is 36.8 Å². The minimum atomic E-state index is -3.65. The van der Waals surface area contributed by atoms with E-state index >= 15 is 0 Å². The van der Waals surface area contributed by atoms with E-state index in [1.54, 1.807) is 29.4 Å². The molecule has 2 aromatic rings. The van der Waals surface area contributed by atoms with Gasteiger partial charge >= 0.3 is 0 Å². The van der Waals surface area contributed by atoms with Crippen LogP contribution in [0.2, 0.25) is 4.34 Å². The first-order chi connectivity index (χ1) is 13.3. The molecule has 0 unspecified atom stereocenters. The molecule has 7 nitrogen and oxygen atoms in total. The van der Waals surface area contributed by atoms with E-state index in [-0.39, 0.29) is 19.0 Å². The normalized spacial score (nSPS) is 16.1. The van der Waals surface area contributed by atoms with Crippen molar-refractivity contribution in [1.82, 2.24) is 14.2 Å². The number of piperazine rings is 1. The fourth-order valence-electron chi connectivity index (χ4n) is 2.79. The third kappa shape index (κ3) is 5.32. The van der Waals surface area contributed by atoms with Crippen LogP contribution in [0.5, 0.6) is 0 Å². The van der Waals surface area contributed by atoms with Crippen molar-refractivity contribution < 1.29 is 13.2 Å². The predicted octanol–water partition coefficient (Wildman–Crippen LogP) is 2.66. The van der Waals surface area contributed by atoms with Crippen molar-refractivity contribution >= 4 is 50.6 Å². The Bertz CT molecular complexity index is 975. The molecule has 1 fully saturated rings. The Labute approximate surface area is 173 Å².